The second kappa shape index (κ2) is 5.91. The van der Waals surface area contributed by atoms with Crippen molar-refractivity contribution < 1.29 is 13.9 Å². The second-order valence-corrected chi connectivity index (χ2v) is 5.24. The number of nitrogens with zero attached hydrogens (tertiary/aromatic N) is 1. The van der Waals surface area contributed by atoms with Gasteiger partial charge in [-0.3, -0.25) is 4.79 Å². The number of carbonyl (C=O) groups excluding carboxylic acids is 1. The molecule has 4 nitrogen and oxygen atoms in total. The van der Waals surface area contributed by atoms with Crippen molar-refractivity contribution in [3.05, 3.63) is 54.0 Å². The van der Waals surface area contributed by atoms with Gasteiger partial charge in [-0.1, -0.05) is 0 Å². The van der Waals surface area contributed by atoms with E-state index in [-0.39, 0.29) is 11.7 Å². The van der Waals surface area contributed by atoms with Crippen molar-refractivity contribution >= 4 is 11.7 Å². The summed E-state index contributed by atoms with van der Waals surface area (Å²) in [6, 6.07) is 9.14. The molecule has 0 aliphatic heterocycles. The van der Waals surface area contributed by atoms with Crippen LogP contribution in [0, 0.1) is 12.7 Å². The second-order valence-electron chi connectivity index (χ2n) is 5.24. The summed E-state index contributed by atoms with van der Waals surface area (Å²) in [5.41, 5.74) is -0.110. The normalized spacial score (nSPS) is 11.0. The van der Waals surface area contributed by atoms with Crippen LogP contribution in [0.5, 0.6) is 5.75 Å². The van der Waals surface area contributed by atoms with Crippen LogP contribution in [0.2, 0.25) is 0 Å². The van der Waals surface area contributed by atoms with Crippen molar-refractivity contribution in [2.24, 2.45) is 0 Å². The Morgan fingerprint density at radius 1 is 1.24 bits per heavy atom. The largest absolute Gasteiger partial charge is 0.478 e. The molecule has 0 unspecified atom stereocenters. The number of hydrogen-bond acceptors (Lipinski definition) is 3. The van der Waals surface area contributed by atoms with Crippen LogP contribution in [-0.2, 0) is 4.79 Å². The van der Waals surface area contributed by atoms with E-state index in [0.29, 0.717) is 11.6 Å². The predicted octanol–water partition coefficient (Wildman–Crippen LogP) is 3.33. The van der Waals surface area contributed by atoms with E-state index >= 15 is 0 Å². The number of halogens is 1. The van der Waals surface area contributed by atoms with E-state index in [4.69, 9.17) is 4.74 Å². The minimum Gasteiger partial charge on any atom is -0.478 e. The van der Waals surface area contributed by atoms with Gasteiger partial charge in [-0.05, 0) is 62.7 Å². The third-order valence-corrected chi connectivity index (χ3v) is 2.89. The summed E-state index contributed by atoms with van der Waals surface area (Å²) in [7, 11) is 0. The lowest BCUT2D eigenvalue weighted by atomic mass is 10.1. The highest BCUT2D eigenvalue weighted by molar-refractivity contribution is 5.96. The summed E-state index contributed by atoms with van der Waals surface area (Å²) in [6.07, 6.45) is 1.62. The van der Waals surface area contributed by atoms with Crippen LogP contribution in [-0.4, -0.2) is 16.5 Å². The van der Waals surface area contributed by atoms with E-state index in [1.807, 2.05) is 13.0 Å². The number of hydrogen-bond donors (Lipinski definition) is 1. The highest BCUT2D eigenvalue weighted by Crippen LogP contribution is 2.20. The van der Waals surface area contributed by atoms with E-state index in [0.717, 1.165) is 5.56 Å². The smallest absolute Gasteiger partial charge is 0.269 e. The van der Waals surface area contributed by atoms with Crippen LogP contribution in [0.25, 0.3) is 0 Å². The number of benzene rings is 1. The molecule has 110 valence electrons. The Kier molecular flexibility index (Phi) is 4.21. The van der Waals surface area contributed by atoms with Crippen LogP contribution >= 0.6 is 0 Å². The summed E-state index contributed by atoms with van der Waals surface area (Å²) in [5.74, 6) is 0.211. The van der Waals surface area contributed by atoms with Crippen LogP contribution in [0.1, 0.15) is 19.4 Å². The molecule has 1 N–H and O–H groups in total. The van der Waals surface area contributed by atoms with E-state index in [1.165, 1.54) is 24.3 Å². The molecule has 0 fully saturated rings. The molecule has 2 aromatic rings. The highest BCUT2D eigenvalue weighted by atomic mass is 19.1. The number of aromatic nitrogens is 1. The quantitative estimate of drug-likeness (QED) is 0.939. The summed E-state index contributed by atoms with van der Waals surface area (Å²) in [6.45, 7) is 5.19. The molecule has 5 heteroatoms. The Bertz CT molecular complexity index is 639. The Morgan fingerprint density at radius 2 is 1.90 bits per heavy atom. The number of anilines is 1. The van der Waals surface area contributed by atoms with Gasteiger partial charge in [0.25, 0.3) is 5.91 Å². The molecule has 0 spiro atoms. The van der Waals surface area contributed by atoms with Gasteiger partial charge in [0.2, 0.25) is 0 Å². The molecular weight excluding hydrogens is 271 g/mol. The Morgan fingerprint density at radius 3 is 2.52 bits per heavy atom. The van der Waals surface area contributed by atoms with Crippen molar-refractivity contribution in [2.45, 2.75) is 26.4 Å². The van der Waals surface area contributed by atoms with Crippen LogP contribution in [0.15, 0.2) is 42.6 Å². The minimum atomic E-state index is -1.11. The molecule has 0 aliphatic carbocycles. The summed E-state index contributed by atoms with van der Waals surface area (Å²) < 4.78 is 18.5. The highest BCUT2D eigenvalue weighted by Gasteiger charge is 2.30. The van der Waals surface area contributed by atoms with Gasteiger partial charge >= 0.3 is 0 Å². The number of ether oxygens (including phenoxy) is 1. The first-order valence-electron chi connectivity index (χ1n) is 6.55. The first kappa shape index (κ1) is 15.0. The zero-order chi connectivity index (χ0) is 15.5. The fourth-order valence-corrected chi connectivity index (χ4v) is 1.71. The van der Waals surface area contributed by atoms with Gasteiger partial charge in [-0.25, -0.2) is 9.37 Å². The van der Waals surface area contributed by atoms with Gasteiger partial charge < -0.3 is 10.1 Å². The molecule has 1 aromatic carbocycles. The lowest BCUT2D eigenvalue weighted by Gasteiger charge is -2.25. The van der Waals surface area contributed by atoms with E-state index in [9.17, 15) is 9.18 Å². The maximum absolute atomic E-state index is 12.9. The van der Waals surface area contributed by atoms with Crippen molar-refractivity contribution in [1.29, 1.82) is 0 Å². The fraction of sp³-hybridized carbons (Fsp3) is 0.250. The van der Waals surface area contributed by atoms with Crippen molar-refractivity contribution in [1.82, 2.24) is 4.98 Å². The van der Waals surface area contributed by atoms with Crippen LogP contribution < -0.4 is 10.1 Å². The molecular formula is C16H17FN2O2. The van der Waals surface area contributed by atoms with Gasteiger partial charge in [0.05, 0.1) is 0 Å². The monoisotopic (exact) mass is 288 g/mol. The lowest BCUT2D eigenvalue weighted by Crippen LogP contribution is -2.42. The molecule has 0 bridgehead atoms. The van der Waals surface area contributed by atoms with E-state index < -0.39 is 5.60 Å². The first-order chi connectivity index (χ1) is 9.87. The number of amides is 1. The van der Waals surface area contributed by atoms with Crippen LogP contribution in [0.3, 0.4) is 0 Å². The van der Waals surface area contributed by atoms with E-state index in [1.54, 1.807) is 26.1 Å². The molecule has 0 saturated carbocycles. The topological polar surface area (TPSA) is 51.2 Å². The van der Waals surface area contributed by atoms with Gasteiger partial charge in [0.15, 0.2) is 5.60 Å². The summed E-state index contributed by atoms with van der Waals surface area (Å²) >= 11 is 0. The first-order valence-corrected chi connectivity index (χ1v) is 6.55. The molecule has 0 radical (unpaired) electrons. The Hall–Kier alpha value is -2.43. The van der Waals surface area contributed by atoms with Gasteiger partial charge in [0, 0.05) is 6.20 Å². The number of aryl methyl sites for hydroxylation is 1. The van der Waals surface area contributed by atoms with Gasteiger partial charge in [-0.2, -0.15) is 0 Å². The molecule has 1 heterocycles. The Balaban J connectivity index is 2.07. The Labute approximate surface area is 123 Å². The summed E-state index contributed by atoms with van der Waals surface area (Å²) in [4.78, 5) is 16.3. The fourth-order valence-electron chi connectivity index (χ4n) is 1.71. The molecule has 1 aromatic heterocycles. The molecule has 2 rings (SSSR count). The molecule has 0 aliphatic rings. The standard InChI is InChI=1S/C16H17FN2O2/c1-11-8-9-18-14(10-11)19-15(20)16(2,3)21-13-6-4-12(17)5-7-13/h4-10H,1-3H3,(H,18,19,20). The van der Waals surface area contributed by atoms with Crippen molar-refractivity contribution in [3.8, 4) is 5.75 Å². The summed E-state index contributed by atoms with van der Waals surface area (Å²) in [5, 5.41) is 2.71. The van der Waals surface area contributed by atoms with Crippen molar-refractivity contribution in [2.75, 3.05) is 5.32 Å². The maximum atomic E-state index is 12.9. The third kappa shape index (κ3) is 4.02. The molecule has 0 atom stereocenters. The number of nitrogens with one attached hydrogen (secondary N) is 1. The maximum Gasteiger partial charge on any atom is 0.269 e. The number of pyridine rings is 1. The average Bonchev–Trinajstić information content (AvgIpc) is 2.41. The van der Waals surface area contributed by atoms with Crippen LogP contribution in [0.4, 0.5) is 10.2 Å². The van der Waals surface area contributed by atoms with Crippen molar-refractivity contribution in [3.63, 3.8) is 0 Å². The van der Waals surface area contributed by atoms with Gasteiger partial charge in [0.1, 0.15) is 17.4 Å². The van der Waals surface area contributed by atoms with Gasteiger partial charge in [-0.15, -0.1) is 0 Å². The zero-order valence-electron chi connectivity index (χ0n) is 12.2. The molecule has 21 heavy (non-hydrogen) atoms. The molecule has 0 saturated heterocycles. The third-order valence-electron chi connectivity index (χ3n) is 2.89. The number of rotatable bonds is 4. The lowest BCUT2D eigenvalue weighted by molar-refractivity contribution is -0.128. The molecule has 1 amide bonds. The van der Waals surface area contributed by atoms with E-state index in [2.05, 4.69) is 10.3 Å². The predicted molar refractivity (Wildman–Crippen MR) is 78.7 cm³/mol. The average molecular weight is 288 g/mol. The number of carbonyl (C=O) groups is 1. The SMILES string of the molecule is Cc1ccnc(NC(=O)C(C)(C)Oc2ccc(F)cc2)c1. The zero-order valence-corrected chi connectivity index (χ0v) is 12.2. The minimum absolute atomic E-state index is 0.329.